The Balaban J connectivity index is 0.00000625. The molecule has 1 aliphatic rings. The number of likely N-dealkylation sites (N-methyl/N-ethyl adjacent to an activating group) is 1. The van der Waals surface area contributed by atoms with Gasteiger partial charge in [-0.15, -0.1) is 24.0 Å². The molecule has 0 aromatic carbocycles. The Morgan fingerprint density at radius 3 is 2.23 bits per heavy atom. The van der Waals surface area contributed by atoms with Gasteiger partial charge in [0.25, 0.3) is 0 Å². The van der Waals surface area contributed by atoms with Crippen LogP contribution in [0.4, 0.5) is 13.2 Å². The van der Waals surface area contributed by atoms with Crippen molar-refractivity contribution in [2.75, 3.05) is 53.4 Å². The minimum atomic E-state index is -4.23. The number of hydrogen-bond acceptors (Lipinski definition) is 3. The topological polar surface area (TPSA) is 51.2 Å². The predicted octanol–water partition coefficient (Wildman–Crippen LogP) is 1.78. The van der Waals surface area contributed by atoms with Crippen molar-refractivity contribution in [2.24, 2.45) is 4.99 Å². The van der Waals surface area contributed by atoms with Crippen molar-refractivity contribution in [1.29, 1.82) is 0 Å². The summed E-state index contributed by atoms with van der Waals surface area (Å²) in [5, 5.41) is 3.12. The molecule has 0 saturated carbocycles. The summed E-state index contributed by atoms with van der Waals surface area (Å²) in [6.07, 6.45) is -4.23. The first-order valence-electron chi connectivity index (χ1n) is 8.21. The highest BCUT2D eigenvalue weighted by molar-refractivity contribution is 14.0. The highest BCUT2D eigenvalue weighted by Crippen LogP contribution is 2.25. The lowest BCUT2D eigenvalue weighted by Crippen LogP contribution is -2.57. The van der Waals surface area contributed by atoms with Gasteiger partial charge < -0.3 is 15.1 Å². The van der Waals surface area contributed by atoms with Crippen molar-refractivity contribution in [3.63, 3.8) is 0 Å². The quantitative estimate of drug-likeness (QED) is 0.276. The zero-order chi connectivity index (χ0) is 19.2. The fourth-order valence-electron chi connectivity index (χ4n) is 2.31. The van der Waals surface area contributed by atoms with Crippen LogP contribution in [0.1, 0.15) is 13.8 Å². The first kappa shape index (κ1) is 25.0. The van der Waals surface area contributed by atoms with Crippen LogP contribution in [-0.4, -0.2) is 92.1 Å². The van der Waals surface area contributed by atoms with Crippen molar-refractivity contribution in [3.05, 3.63) is 12.2 Å². The third-order valence-electron chi connectivity index (χ3n) is 4.05. The second-order valence-corrected chi connectivity index (χ2v) is 6.48. The lowest BCUT2D eigenvalue weighted by Gasteiger charge is -2.39. The standard InChI is InChI=1S/C16H28F3N5O.HI/c1-12(2)10-20-15(21-11-14(25)22(4)5)24-8-6-23(7-9-24)13(3)16(17,18)19;/h13H,1,6-11H2,2-5H3,(H,20,21);1H. The fourth-order valence-corrected chi connectivity index (χ4v) is 2.31. The molecule has 0 aliphatic carbocycles. The van der Waals surface area contributed by atoms with E-state index < -0.39 is 12.2 Å². The number of alkyl halides is 3. The van der Waals surface area contributed by atoms with Gasteiger partial charge in [-0.3, -0.25) is 9.69 Å². The van der Waals surface area contributed by atoms with E-state index in [4.69, 9.17) is 0 Å². The molecular weight excluding hydrogens is 462 g/mol. The van der Waals surface area contributed by atoms with Crippen LogP contribution in [0.2, 0.25) is 0 Å². The van der Waals surface area contributed by atoms with Crippen molar-refractivity contribution >= 4 is 35.8 Å². The Kier molecular flexibility index (Phi) is 10.5. The van der Waals surface area contributed by atoms with Crippen LogP contribution in [0.15, 0.2) is 17.1 Å². The maximum atomic E-state index is 12.8. The van der Waals surface area contributed by atoms with Gasteiger partial charge in [0.05, 0.1) is 0 Å². The third kappa shape index (κ3) is 8.11. The molecule has 1 saturated heterocycles. The van der Waals surface area contributed by atoms with Crippen molar-refractivity contribution in [2.45, 2.75) is 26.1 Å². The molecule has 152 valence electrons. The van der Waals surface area contributed by atoms with Crippen LogP contribution >= 0.6 is 24.0 Å². The van der Waals surface area contributed by atoms with Gasteiger partial charge >= 0.3 is 6.18 Å². The fraction of sp³-hybridized carbons (Fsp3) is 0.750. The molecule has 1 fully saturated rings. The van der Waals surface area contributed by atoms with Crippen LogP contribution in [0, 0.1) is 0 Å². The molecule has 1 atom stereocenters. The highest BCUT2D eigenvalue weighted by Gasteiger charge is 2.41. The molecular formula is C16H29F3IN5O. The zero-order valence-corrected chi connectivity index (χ0v) is 18.1. The monoisotopic (exact) mass is 491 g/mol. The summed E-state index contributed by atoms with van der Waals surface area (Å²) in [6, 6.07) is -1.46. The smallest absolute Gasteiger partial charge is 0.353 e. The van der Waals surface area contributed by atoms with E-state index in [0.717, 1.165) is 5.57 Å². The second kappa shape index (κ2) is 11.0. The van der Waals surface area contributed by atoms with Crippen LogP contribution in [0.5, 0.6) is 0 Å². The molecule has 1 unspecified atom stereocenters. The third-order valence-corrected chi connectivity index (χ3v) is 4.05. The van der Waals surface area contributed by atoms with E-state index in [1.54, 1.807) is 14.1 Å². The summed E-state index contributed by atoms with van der Waals surface area (Å²) < 4.78 is 38.5. The summed E-state index contributed by atoms with van der Waals surface area (Å²) in [4.78, 5) is 20.8. The molecule has 26 heavy (non-hydrogen) atoms. The van der Waals surface area contributed by atoms with Gasteiger partial charge in [-0.2, -0.15) is 13.2 Å². The Morgan fingerprint density at radius 2 is 1.81 bits per heavy atom. The van der Waals surface area contributed by atoms with E-state index >= 15 is 0 Å². The average Bonchev–Trinajstić information content (AvgIpc) is 2.53. The molecule has 0 bridgehead atoms. The molecule has 1 heterocycles. The molecule has 1 amide bonds. The van der Waals surface area contributed by atoms with Gasteiger partial charge in [-0.05, 0) is 13.8 Å². The Hall–Kier alpha value is -1.04. The van der Waals surface area contributed by atoms with E-state index in [1.807, 2.05) is 11.8 Å². The van der Waals surface area contributed by atoms with Gasteiger partial charge in [0, 0.05) is 46.8 Å². The lowest BCUT2D eigenvalue weighted by molar-refractivity contribution is -0.181. The van der Waals surface area contributed by atoms with E-state index in [0.29, 0.717) is 25.6 Å². The first-order chi connectivity index (χ1) is 11.5. The first-order valence-corrected chi connectivity index (χ1v) is 8.21. The molecule has 1 N–H and O–H groups in total. The van der Waals surface area contributed by atoms with Crippen LogP contribution in [0.3, 0.4) is 0 Å². The highest BCUT2D eigenvalue weighted by atomic mass is 127. The summed E-state index contributed by atoms with van der Waals surface area (Å²) in [7, 11) is 3.30. The maximum Gasteiger partial charge on any atom is 0.403 e. The minimum absolute atomic E-state index is 0. The molecule has 10 heteroatoms. The summed E-state index contributed by atoms with van der Waals surface area (Å²) in [6.45, 7) is 8.74. The molecule has 0 aromatic rings. The predicted molar refractivity (Wildman–Crippen MR) is 108 cm³/mol. The van der Waals surface area contributed by atoms with Crippen LogP contribution in [-0.2, 0) is 4.79 Å². The summed E-state index contributed by atoms with van der Waals surface area (Å²) >= 11 is 0. The summed E-state index contributed by atoms with van der Waals surface area (Å²) in [5.74, 6) is 0.386. The number of carbonyl (C=O) groups is 1. The number of halogens is 4. The van der Waals surface area contributed by atoms with Crippen molar-refractivity contribution in [3.8, 4) is 0 Å². The van der Waals surface area contributed by atoms with Crippen LogP contribution < -0.4 is 5.32 Å². The van der Waals surface area contributed by atoms with Gasteiger partial charge in [-0.1, -0.05) is 12.2 Å². The van der Waals surface area contributed by atoms with E-state index in [9.17, 15) is 18.0 Å². The van der Waals surface area contributed by atoms with E-state index in [1.165, 1.54) is 16.7 Å². The van der Waals surface area contributed by atoms with Gasteiger partial charge in [0.1, 0.15) is 12.6 Å². The number of hydrogen-bond donors (Lipinski definition) is 1. The maximum absolute atomic E-state index is 12.8. The number of piperazine rings is 1. The number of nitrogens with one attached hydrogen (secondary N) is 1. The molecule has 0 radical (unpaired) electrons. The lowest BCUT2D eigenvalue weighted by atomic mass is 10.2. The minimum Gasteiger partial charge on any atom is -0.353 e. The van der Waals surface area contributed by atoms with E-state index in [-0.39, 0.29) is 49.5 Å². The largest absolute Gasteiger partial charge is 0.403 e. The number of carbonyl (C=O) groups excluding carboxylic acids is 1. The molecule has 1 rings (SSSR count). The molecule has 1 aliphatic heterocycles. The second-order valence-electron chi connectivity index (χ2n) is 6.48. The summed E-state index contributed by atoms with van der Waals surface area (Å²) in [5.41, 5.74) is 0.899. The average molecular weight is 491 g/mol. The Labute approximate surface area is 170 Å². The Morgan fingerprint density at radius 1 is 1.27 bits per heavy atom. The normalized spacial score (nSPS) is 17.3. The van der Waals surface area contributed by atoms with Crippen molar-refractivity contribution in [1.82, 2.24) is 20.0 Å². The van der Waals surface area contributed by atoms with Gasteiger partial charge in [-0.25, -0.2) is 4.99 Å². The number of guanidine groups is 1. The number of nitrogens with zero attached hydrogens (tertiary/aromatic N) is 4. The van der Waals surface area contributed by atoms with Crippen LogP contribution in [0.25, 0.3) is 0 Å². The SMILES string of the molecule is C=C(C)CNC(=NCC(=O)N(C)C)N1CCN(C(C)C(F)(F)F)CC1.I. The van der Waals surface area contributed by atoms with Gasteiger partial charge in [0.2, 0.25) is 5.91 Å². The van der Waals surface area contributed by atoms with Gasteiger partial charge in [0.15, 0.2) is 5.96 Å². The van der Waals surface area contributed by atoms with Crippen molar-refractivity contribution < 1.29 is 18.0 Å². The molecule has 6 nitrogen and oxygen atoms in total. The number of rotatable bonds is 5. The number of amides is 1. The van der Waals surface area contributed by atoms with E-state index in [2.05, 4.69) is 16.9 Å². The Bertz CT molecular complexity index is 503. The number of aliphatic imine (C=N–C) groups is 1. The molecule has 0 aromatic heterocycles. The zero-order valence-electron chi connectivity index (χ0n) is 15.8. The molecule has 0 spiro atoms.